The maximum atomic E-state index is 13.8. The zero-order valence-electron chi connectivity index (χ0n) is 14.5. The van der Waals surface area contributed by atoms with E-state index in [4.69, 9.17) is 0 Å². The lowest BCUT2D eigenvalue weighted by Crippen LogP contribution is -2.48. The number of nitro groups is 1. The maximum Gasteiger partial charge on any atom is 0.273 e. The standard InChI is InChI=1S/C19H20FN3O3/c1-14-6-7-15(12-18(14)23(25)26)19(24)22-10-8-21(9-11-22)13-16-4-2-3-5-17(16)20/h2-7,12H,8-11,13H2,1H3. The molecule has 6 nitrogen and oxygen atoms in total. The van der Waals surface area contributed by atoms with Crippen LogP contribution in [-0.4, -0.2) is 46.8 Å². The van der Waals surface area contributed by atoms with E-state index in [2.05, 4.69) is 4.90 Å². The molecule has 0 bridgehead atoms. The van der Waals surface area contributed by atoms with Crippen LogP contribution in [0.5, 0.6) is 0 Å². The van der Waals surface area contributed by atoms with Gasteiger partial charge in [-0.1, -0.05) is 24.3 Å². The van der Waals surface area contributed by atoms with Crippen LogP contribution in [0.4, 0.5) is 10.1 Å². The molecule has 3 rings (SSSR count). The second kappa shape index (κ2) is 7.61. The van der Waals surface area contributed by atoms with E-state index >= 15 is 0 Å². The van der Waals surface area contributed by atoms with Gasteiger partial charge in [-0.05, 0) is 19.1 Å². The quantitative estimate of drug-likeness (QED) is 0.623. The molecule has 136 valence electrons. The fourth-order valence-electron chi connectivity index (χ4n) is 3.10. The molecular formula is C19H20FN3O3. The van der Waals surface area contributed by atoms with E-state index in [1.165, 1.54) is 12.1 Å². The highest BCUT2D eigenvalue weighted by Gasteiger charge is 2.24. The summed E-state index contributed by atoms with van der Waals surface area (Å²) < 4.78 is 13.8. The molecule has 1 saturated heterocycles. The van der Waals surface area contributed by atoms with Crippen molar-refractivity contribution in [3.8, 4) is 0 Å². The molecule has 0 radical (unpaired) electrons. The maximum absolute atomic E-state index is 13.8. The van der Waals surface area contributed by atoms with Crippen LogP contribution in [0.2, 0.25) is 0 Å². The van der Waals surface area contributed by atoms with Crippen molar-refractivity contribution in [2.24, 2.45) is 0 Å². The first-order valence-electron chi connectivity index (χ1n) is 8.46. The van der Waals surface area contributed by atoms with Crippen molar-refractivity contribution in [3.05, 3.63) is 75.1 Å². The second-order valence-electron chi connectivity index (χ2n) is 6.42. The van der Waals surface area contributed by atoms with E-state index in [9.17, 15) is 19.3 Å². The fourth-order valence-corrected chi connectivity index (χ4v) is 3.10. The van der Waals surface area contributed by atoms with E-state index < -0.39 is 4.92 Å². The molecule has 1 fully saturated rings. The fraction of sp³-hybridized carbons (Fsp3) is 0.316. The molecule has 0 spiro atoms. The summed E-state index contributed by atoms with van der Waals surface area (Å²) in [7, 11) is 0. The molecular weight excluding hydrogens is 337 g/mol. The van der Waals surface area contributed by atoms with E-state index in [1.807, 2.05) is 6.07 Å². The van der Waals surface area contributed by atoms with Gasteiger partial charge in [0, 0.05) is 55.5 Å². The third-order valence-corrected chi connectivity index (χ3v) is 4.66. The Labute approximate surface area is 151 Å². The number of benzene rings is 2. The Balaban J connectivity index is 1.63. The van der Waals surface area contributed by atoms with Crippen molar-refractivity contribution in [1.82, 2.24) is 9.80 Å². The highest BCUT2D eigenvalue weighted by Crippen LogP contribution is 2.21. The molecule has 2 aromatic carbocycles. The van der Waals surface area contributed by atoms with Gasteiger partial charge < -0.3 is 4.90 Å². The number of amides is 1. The summed E-state index contributed by atoms with van der Waals surface area (Å²) in [5.41, 5.74) is 1.45. The number of rotatable bonds is 4. The summed E-state index contributed by atoms with van der Waals surface area (Å²) in [5.74, 6) is -0.434. The van der Waals surface area contributed by atoms with Gasteiger partial charge in [-0.2, -0.15) is 0 Å². The van der Waals surface area contributed by atoms with Crippen LogP contribution in [0, 0.1) is 22.9 Å². The van der Waals surface area contributed by atoms with Crippen LogP contribution in [0.3, 0.4) is 0 Å². The van der Waals surface area contributed by atoms with Gasteiger partial charge >= 0.3 is 0 Å². The first kappa shape index (κ1) is 18.0. The summed E-state index contributed by atoms with van der Waals surface area (Å²) >= 11 is 0. The molecule has 1 aliphatic rings. The van der Waals surface area contributed by atoms with Crippen molar-refractivity contribution in [2.75, 3.05) is 26.2 Å². The van der Waals surface area contributed by atoms with E-state index in [1.54, 1.807) is 36.1 Å². The van der Waals surface area contributed by atoms with Gasteiger partial charge in [0.25, 0.3) is 11.6 Å². The monoisotopic (exact) mass is 357 g/mol. The SMILES string of the molecule is Cc1ccc(C(=O)N2CCN(Cc3ccccc3F)CC2)cc1[N+](=O)[O-]. The summed E-state index contributed by atoms with van der Waals surface area (Å²) in [6, 6.07) is 11.2. The Hall–Kier alpha value is -2.80. The average molecular weight is 357 g/mol. The third kappa shape index (κ3) is 3.88. The van der Waals surface area contributed by atoms with Crippen LogP contribution < -0.4 is 0 Å². The summed E-state index contributed by atoms with van der Waals surface area (Å²) in [5, 5.41) is 11.1. The van der Waals surface area contributed by atoms with Crippen LogP contribution >= 0.6 is 0 Å². The lowest BCUT2D eigenvalue weighted by Gasteiger charge is -2.34. The van der Waals surface area contributed by atoms with Gasteiger partial charge in [-0.3, -0.25) is 19.8 Å². The van der Waals surface area contributed by atoms with Crippen molar-refractivity contribution in [2.45, 2.75) is 13.5 Å². The number of halogens is 1. The van der Waals surface area contributed by atoms with Crippen molar-refractivity contribution in [3.63, 3.8) is 0 Å². The van der Waals surface area contributed by atoms with E-state index in [-0.39, 0.29) is 17.4 Å². The summed E-state index contributed by atoms with van der Waals surface area (Å²) in [4.78, 5) is 27.0. The van der Waals surface area contributed by atoms with Crippen molar-refractivity contribution >= 4 is 11.6 Å². The van der Waals surface area contributed by atoms with Gasteiger partial charge in [0.05, 0.1) is 4.92 Å². The van der Waals surface area contributed by atoms with Crippen LogP contribution in [0.15, 0.2) is 42.5 Å². The number of hydrogen-bond donors (Lipinski definition) is 0. The smallest absolute Gasteiger partial charge is 0.273 e. The lowest BCUT2D eigenvalue weighted by molar-refractivity contribution is -0.385. The molecule has 1 heterocycles. The highest BCUT2D eigenvalue weighted by atomic mass is 19.1. The first-order chi connectivity index (χ1) is 12.5. The van der Waals surface area contributed by atoms with Gasteiger partial charge in [0.1, 0.15) is 5.82 Å². The molecule has 0 atom stereocenters. The topological polar surface area (TPSA) is 66.7 Å². The molecule has 0 saturated carbocycles. The number of aryl methyl sites for hydroxylation is 1. The number of nitro benzene ring substituents is 1. The van der Waals surface area contributed by atoms with E-state index in [0.717, 1.165) is 0 Å². The molecule has 7 heteroatoms. The van der Waals surface area contributed by atoms with E-state index in [0.29, 0.717) is 49.4 Å². The zero-order chi connectivity index (χ0) is 18.7. The largest absolute Gasteiger partial charge is 0.336 e. The first-order valence-corrected chi connectivity index (χ1v) is 8.46. The number of nitrogens with zero attached hydrogens (tertiary/aromatic N) is 3. The number of carbonyl (C=O) groups excluding carboxylic acids is 1. The average Bonchev–Trinajstić information content (AvgIpc) is 2.64. The number of carbonyl (C=O) groups is 1. The molecule has 0 aliphatic carbocycles. The van der Waals surface area contributed by atoms with Crippen LogP contribution in [-0.2, 0) is 6.54 Å². The summed E-state index contributed by atoms with van der Waals surface area (Å²) in [6.45, 7) is 4.44. The zero-order valence-corrected chi connectivity index (χ0v) is 14.5. The van der Waals surface area contributed by atoms with Crippen LogP contribution in [0.25, 0.3) is 0 Å². The highest BCUT2D eigenvalue weighted by molar-refractivity contribution is 5.95. The van der Waals surface area contributed by atoms with Gasteiger partial charge in [0.2, 0.25) is 0 Å². The molecule has 0 N–H and O–H groups in total. The molecule has 1 aliphatic heterocycles. The Morgan fingerprint density at radius 1 is 1.15 bits per heavy atom. The number of hydrogen-bond acceptors (Lipinski definition) is 4. The van der Waals surface area contributed by atoms with Gasteiger partial charge in [-0.15, -0.1) is 0 Å². The minimum absolute atomic E-state index is 0.0472. The Morgan fingerprint density at radius 2 is 1.85 bits per heavy atom. The molecule has 0 unspecified atom stereocenters. The van der Waals surface area contributed by atoms with Gasteiger partial charge in [0.15, 0.2) is 0 Å². The summed E-state index contributed by atoms with van der Waals surface area (Å²) in [6.07, 6.45) is 0. The molecule has 1 amide bonds. The third-order valence-electron chi connectivity index (χ3n) is 4.66. The predicted octanol–water partition coefficient (Wildman–Crippen LogP) is 3.00. The van der Waals surface area contributed by atoms with Crippen molar-refractivity contribution < 1.29 is 14.1 Å². The molecule has 0 aromatic heterocycles. The Bertz CT molecular complexity index is 833. The normalized spacial score (nSPS) is 15.1. The molecule has 26 heavy (non-hydrogen) atoms. The van der Waals surface area contributed by atoms with Gasteiger partial charge in [-0.25, -0.2) is 4.39 Å². The molecule has 2 aromatic rings. The Morgan fingerprint density at radius 3 is 2.50 bits per heavy atom. The second-order valence-corrected chi connectivity index (χ2v) is 6.42. The minimum Gasteiger partial charge on any atom is -0.336 e. The van der Waals surface area contributed by atoms with Crippen LogP contribution in [0.1, 0.15) is 21.5 Å². The van der Waals surface area contributed by atoms with Crippen molar-refractivity contribution in [1.29, 1.82) is 0 Å². The number of piperazine rings is 1. The minimum atomic E-state index is -0.474. The Kier molecular flexibility index (Phi) is 5.27. The predicted molar refractivity (Wildman–Crippen MR) is 95.4 cm³/mol. The lowest BCUT2D eigenvalue weighted by atomic mass is 10.1.